The van der Waals surface area contributed by atoms with Crippen molar-refractivity contribution < 1.29 is 8.94 Å². The van der Waals surface area contributed by atoms with Crippen LogP contribution in [0.3, 0.4) is 0 Å². The summed E-state index contributed by atoms with van der Waals surface area (Å²) in [6, 6.07) is 4.06. The van der Waals surface area contributed by atoms with E-state index in [1.807, 2.05) is 32.9 Å². The summed E-state index contributed by atoms with van der Waals surface area (Å²) >= 11 is 0. The first-order chi connectivity index (χ1) is 8.19. The maximum atomic E-state index is 5.53. The van der Waals surface area contributed by atoms with Crippen molar-refractivity contribution in [2.45, 2.75) is 39.8 Å². The number of rotatable bonds is 5. The number of hydrogen-bond donors (Lipinski definition) is 1. The van der Waals surface area contributed by atoms with E-state index in [1.165, 1.54) is 0 Å². The van der Waals surface area contributed by atoms with Crippen LogP contribution in [0.5, 0.6) is 0 Å². The quantitative estimate of drug-likeness (QED) is 0.862. The van der Waals surface area contributed by atoms with Crippen LogP contribution in [0, 0.1) is 6.92 Å². The molecule has 0 aliphatic carbocycles. The molecular weight excluding hydrogens is 218 g/mol. The first-order valence-electron chi connectivity index (χ1n) is 5.80. The summed E-state index contributed by atoms with van der Waals surface area (Å²) < 4.78 is 10.6. The lowest BCUT2D eigenvalue weighted by Gasteiger charge is -2.08. The molecule has 0 fully saturated rings. The summed E-state index contributed by atoms with van der Waals surface area (Å²) in [6.07, 6.45) is 0.764. The molecule has 2 rings (SSSR count). The van der Waals surface area contributed by atoms with Gasteiger partial charge in [-0.2, -0.15) is 4.98 Å². The predicted octanol–water partition coefficient (Wildman–Crippen LogP) is 2.38. The molecule has 0 radical (unpaired) electrons. The number of aryl methyl sites for hydroxylation is 2. The zero-order valence-electron chi connectivity index (χ0n) is 10.4. The van der Waals surface area contributed by atoms with Crippen LogP contribution in [0.15, 0.2) is 21.1 Å². The minimum Gasteiger partial charge on any atom is -0.465 e. The Kier molecular flexibility index (Phi) is 3.58. The third-order valence-corrected chi connectivity index (χ3v) is 2.57. The highest BCUT2D eigenvalue weighted by Crippen LogP contribution is 2.15. The molecule has 2 aromatic rings. The van der Waals surface area contributed by atoms with Crippen LogP contribution in [0.2, 0.25) is 0 Å². The first-order valence-corrected chi connectivity index (χ1v) is 5.80. The Balaban J connectivity index is 1.89. The monoisotopic (exact) mass is 235 g/mol. The van der Waals surface area contributed by atoms with Crippen molar-refractivity contribution in [1.82, 2.24) is 15.5 Å². The van der Waals surface area contributed by atoms with Crippen molar-refractivity contribution in [2.24, 2.45) is 0 Å². The van der Waals surface area contributed by atoms with Gasteiger partial charge in [0.2, 0.25) is 5.89 Å². The fraction of sp³-hybridized carbons (Fsp3) is 0.500. The zero-order chi connectivity index (χ0) is 12.3. The first kappa shape index (κ1) is 11.9. The lowest BCUT2D eigenvalue weighted by molar-refractivity contribution is 0.370. The van der Waals surface area contributed by atoms with Crippen molar-refractivity contribution in [3.05, 3.63) is 35.4 Å². The summed E-state index contributed by atoms with van der Waals surface area (Å²) in [5.74, 6) is 3.18. The van der Waals surface area contributed by atoms with Crippen LogP contribution < -0.4 is 5.32 Å². The Morgan fingerprint density at radius 3 is 2.82 bits per heavy atom. The molecule has 1 unspecified atom stereocenters. The second kappa shape index (κ2) is 5.14. The van der Waals surface area contributed by atoms with Gasteiger partial charge in [0.25, 0.3) is 0 Å². The summed E-state index contributed by atoms with van der Waals surface area (Å²) in [4.78, 5) is 4.23. The summed E-state index contributed by atoms with van der Waals surface area (Å²) in [5.41, 5.74) is 0. The van der Waals surface area contributed by atoms with E-state index >= 15 is 0 Å². The van der Waals surface area contributed by atoms with Crippen molar-refractivity contribution in [3.8, 4) is 0 Å². The van der Waals surface area contributed by atoms with Crippen LogP contribution in [-0.4, -0.2) is 10.1 Å². The second-order valence-corrected chi connectivity index (χ2v) is 4.01. The van der Waals surface area contributed by atoms with Gasteiger partial charge >= 0.3 is 0 Å². The smallest absolute Gasteiger partial charge is 0.226 e. The molecule has 92 valence electrons. The molecule has 5 nitrogen and oxygen atoms in total. The highest BCUT2D eigenvalue weighted by atomic mass is 16.5. The molecule has 0 saturated carbocycles. The Morgan fingerprint density at radius 2 is 2.24 bits per heavy atom. The van der Waals surface area contributed by atoms with Gasteiger partial charge in [-0.15, -0.1) is 0 Å². The molecule has 5 heteroatoms. The normalized spacial score (nSPS) is 12.9. The zero-order valence-corrected chi connectivity index (χ0v) is 10.4. The number of hydrogen-bond acceptors (Lipinski definition) is 5. The van der Waals surface area contributed by atoms with Crippen LogP contribution in [0.4, 0.5) is 0 Å². The van der Waals surface area contributed by atoms with E-state index in [4.69, 9.17) is 8.94 Å². The molecule has 0 bridgehead atoms. The molecule has 2 aromatic heterocycles. The van der Waals surface area contributed by atoms with Crippen LogP contribution in [0.1, 0.15) is 43.1 Å². The Labute approximate surface area is 100 Å². The van der Waals surface area contributed by atoms with Gasteiger partial charge in [0.05, 0.1) is 12.6 Å². The van der Waals surface area contributed by atoms with Crippen molar-refractivity contribution >= 4 is 0 Å². The van der Waals surface area contributed by atoms with Gasteiger partial charge in [-0.3, -0.25) is 0 Å². The lowest BCUT2D eigenvalue weighted by atomic mass is 10.2. The predicted molar refractivity (Wildman–Crippen MR) is 62.4 cm³/mol. The van der Waals surface area contributed by atoms with Crippen LogP contribution in [-0.2, 0) is 13.0 Å². The number of aromatic nitrogens is 2. The standard InChI is InChI=1S/C12H17N3O2/c1-4-12-14-11(15-17-12)7-13-9(3)10-6-5-8(2)16-10/h5-6,9,13H,4,7H2,1-3H3. The van der Waals surface area contributed by atoms with Crippen molar-refractivity contribution in [3.63, 3.8) is 0 Å². The fourth-order valence-corrected chi connectivity index (χ4v) is 1.54. The van der Waals surface area contributed by atoms with Gasteiger partial charge in [0.1, 0.15) is 11.5 Å². The Bertz CT molecular complexity index is 476. The molecule has 0 aliphatic heterocycles. The number of furan rings is 1. The van der Waals surface area contributed by atoms with Gasteiger partial charge in [-0.1, -0.05) is 12.1 Å². The van der Waals surface area contributed by atoms with Crippen molar-refractivity contribution in [2.75, 3.05) is 0 Å². The third-order valence-electron chi connectivity index (χ3n) is 2.57. The van der Waals surface area contributed by atoms with E-state index in [0.29, 0.717) is 18.3 Å². The molecule has 0 aliphatic rings. The molecule has 0 aromatic carbocycles. The van der Waals surface area contributed by atoms with Crippen LogP contribution >= 0.6 is 0 Å². The Morgan fingerprint density at radius 1 is 1.41 bits per heavy atom. The fourth-order valence-electron chi connectivity index (χ4n) is 1.54. The average molecular weight is 235 g/mol. The molecule has 2 heterocycles. The number of nitrogens with zero attached hydrogens (tertiary/aromatic N) is 2. The minimum atomic E-state index is 0.132. The maximum Gasteiger partial charge on any atom is 0.226 e. The van der Waals surface area contributed by atoms with E-state index in [-0.39, 0.29) is 6.04 Å². The van der Waals surface area contributed by atoms with E-state index in [9.17, 15) is 0 Å². The molecule has 17 heavy (non-hydrogen) atoms. The molecule has 0 amide bonds. The van der Waals surface area contributed by atoms with E-state index < -0.39 is 0 Å². The molecular formula is C12H17N3O2. The van der Waals surface area contributed by atoms with E-state index in [1.54, 1.807) is 0 Å². The van der Waals surface area contributed by atoms with E-state index in [0.717, 1.165) is 17.9 Å². The minimum absolute atomic E-state index is 0.132. The molecule has 0 spiro atoms. The summed E-state index contributed by atoms with van der Waals surface area (Å²) in [7, 11) is 0. The SMILES string of the molecule is CCc1nc(CNC(C)c2ccc(C)o2)no1. The largest absolute Gasteiger partial charge is 0.465 e. The third kappa shape index (κ3) is 2.94. The van der Waals surface area contributed by atoms with Crippen LogP contribution in [0.25, 0.3) is 0 Å². The van der Waals surface area contributed by atoms with E-state index in [2.05, 4.69) is 15.5 Å². The molecule has 0 saturated heterocycles. The van der Waals surface area contributed by atoms with Gasteiger partial charge in [-0.25, -0.2) is 0 Å². The maximum absolute atomic E-state index is 5.53. The van der Waals surface area contributed by atoms with Gasteiger partial charge < -0.3 is 14.3 Å². The van der Waals surface area contributed by atoms with Crippen molar-refractivity contribution in [1.29, 1.82) is 0 Å². The highest BCUT2D eigenvalue weighted by molar-refractivity contribution is 5.08. The highest BCUT2D eigenvalue weighted by Gasteiger charge is 2.10. The average Bonchev–Trinajstić information content (AvgIpc) is 2.94. The Hall–Kier alpha value is -1.62. The topological polar surface area (TPSA) is 64.1 Å². The summed E-state index contributed by atoms with van der Waals surface area (Å²) in [6.45, 7) is 6.53. The molecule has 1 N–H and O–H groups in total. The van der Waals surface area contributed by atoms with Gasteiger partial charge in [-0.05, 0) is 26.0 Å². The van der Waals surface area contributed by atoms with Gasteiger partial charge in [0.15, 0.2) is 5.82 Å². The van der Waals surface area contributed by atoms with Gasteiger partial charge in [0, 0.05) is 6.42 Å². The lowest BCUT2D eigenvalue weighted by Crippen LogP contribution is -2.18. The molecule has 1 atom stereocenters. The summed E-state index contributed by atoms with van der Waals surface area (Å²) in [5, 5.41) is 7.17. The number of nitrogens with one attached hydrogen (secondary N) is 1. The second-order valence-electron chi connectivity index (χ2n) is 4.01.